The van der Waals surface area contributed by atoms with Crippen molar-refractivity contribution in [2.75, 3.05) is 48.7 Å². The molecule has 1 saturated carbocycles. The molecule has 7 nitrogen and oxygen atoms in total. The van der Waals surface area contributed by atoms with E-state index in [0.29, 0.717) is 63.2 Å². The fraction of sp³-hybridized carbons (Fsp3) is 0.500. The van der Waals surface area contributed by atoms with Gasteiger partial charge >= 0.3 is 12.5 Å². The highest BCUT2D eigenvalue weighted by Gasteiger charge is 2.34. The fourth-order valence-corrected chi connectivity index (χ4v) is 4.87. The van der Waals surface area contributed by atoms with Gasteiger partial charge in [-0.3, -0.25) is 4.79 Å². The number of amides is 1. The molecule has 0 unspecified atom stereocenters. The third-order valence-electron chi connectivity index (χ3n) is 6.89. The molecule has 1 aliphatic heterocycles. The first-order chi connectivity index (χ1) is 18.4. The van der Waals surface area contributed by atoms with Gasteiger partial charge in [0, 0.05) is 55.3 Å². The second-order valence-electron chi connectivity index (χ2n) is 9.64. The number of nitrogens with two attached hydrogens (primary N) is 1. The molecule has 2 aliphatic rings. The van der Waals surface area contributed by atoms with Gasteiger partial charge in [-0.1, -0.05) is 6.07 Å². The van der Waals surface area contributed by atoms with Crippen LogP contribution in [0.5, 0.6) is 5.75 Å². The molecule has 39 heavy (non-hydrogen) atoms. The number of benzene rings is 2. The van der Waals surface area contributed by atoms with Crippen LogP contribution in [0, 0.1) is 0 Å². The van der Waals surface area contributed by atoms with Crippen molar-refractivity contribution in [3.63, 3.8) is 0 Å². The average molecular weight is 561 g/mol. The molecule has 3 N–H and O–H groups in total. The van der Waals surface area contributed by atoms with Crippen LogP contribution in [0.3, 0.4) is 0 Å². The lowest BCUT2D eigenvalue weighted by Gasteiger charge is -2.36. The summed E-state index contributed by atoms with van der Waals surface area (Å²) in [5, 5.41) is 3.14. The quantitative estimate of drug-likeness (QED) is 0.355. The molecule has 1 heterocycles. The molecule has 2 aromatic carbocycles. The number of nitrogens with zero attached hydrogens (tertiary/aromatic N) is 2. The summed E-state index contributed by atoms with van der Waals surface area (Å²) in [6.07, 6.45) is -6.73. The molecule has 0 radical (unpaired) electrons. The highest BCUT2D eigenvalue weighted by atomic mass is 19.4. The number of piperazine rings is 1. The monoisotopic (exact) mass is 560 g/mol. The molecular weight excluding hydrogens is 530 g/mol. The zero-order chi connectivity index (χ0) is 28.2. The molecule has 1 saturated heterocycles. The van der Waals surface area contributed by atoms with Gasteiger partial charge in [-0.2, -0.15) is 13.2 Å². The van der Waals surface area contributed by atoms with E-state index in [4.69, 9.17) is 10.5 Å². The van der Waals surface area contributed by atoms with Crippen molar-refractivity contribution >= 4 is 23.0 Å². The molecule has 0 spiro atoms. The van der Waals surface area contributed by atoms with Gasteiger partial charge in [-0.25, -0.2) is 0 Å². The maximum absolute atomic E-state index is 13.1. The van der Waals surface area contributed by atoms with E-state index >= 15 is 0 Å². The van der Waals surface area contributed by atoms with Crippen molar-refractivity contribution in [3.8, 4) is 5.75 Å². The summed E-state index contributed by atoms with van der Waals surface area (Å²) in [7, 11) is 0. The topological polar surface area (TPSA) is 80.1 Å². The number of anilines is 3. The lowest BCUT2D eigenvalue weighted by atomic mass is 9.92. The molecule has 2 aromatic rings. The Morgan fingerprint density at radius 3 is 2.28 bits per heavy atom. The van der Waals surface area contributed by atoms with Gasteiger partial charge in [-0.15, -0.1) is 13.2 Å². The molecule has 13 heteroatoms. The zero-order valence-corrected chi connectivity index (χ0v) is 21.0. The molecular formula is C26H30F6N4O3. The number of nitrogen functional groups attached to an aromatic ring is 1. The van der Waals surface area contributed by atoms with E-state index < -0.39 is 18.1 Å². The summed E-state index contributed by atoms with van der Waals surface area (Å²) < 4.78 is 86.6. The van der Waals surface area contributed by atoms with Gasteiger partial charge in [0.05, 0.1) is 11.7 Å². The smallest absolute Gasteiger partial charge is 0.406 e. The third-order valence-corrected chi connectivity index (χ3v) is 6.89. The number of hydrogen-bond donors (Lipinski definition) is 2. The van der Waals surface area contributed by atoms with Crippen molar-refractivity contribution < 1.29 is 40.6 Å². The van der Waals surface area contributed by atoms with E-state index in [1.165, 1.54) is 30.3 Å². The molecule has 214 valence electrons. The van der Waals surface area contributed by atoms with Crippen LogP contribution in [0.2, 0.25) is 0 Å². The predicted molar refractivity (Wildman–Crippen MR) is 133 cm³/mol. The average Bonchev–Trinajstić information content (AvgIpc) is 2.88. The van der Waals surface area contributed by atoms with E-state index in [1.807, 2.05) is 4.90 Å². The predicted octanol–water partition coefficient (Wildman–Crippen LogP) is 5.27. The van der Waals surface area contributed by atoms with Crippen LogP contribution in [-0.2, 0) is 15.7 Å². The summed E-state index contributed by atoms with van der Waals surface area (Å²) in [6, 6.07) is 9.51. The van der Waals surface area contributed by atoms with E-state index in [-0.39, 0.29) is 36.1 Å². The van der Waals surface area contributed by atoms with Crippen LogP contribution < -0.4 is 20.7 Å². The second-order valence-corrected chi connectivity index (χ2v) is 9.64. The number of halogens is 6. The van der Waals surface area contributed by atoms with Crippen LogP contribution in [0.15, 0.2) is 42.5 Å². The maximum Gasteiger partial charge on any atom is 0.573 e. The van der Waals surface area contributed by atoms with Crippen molar-refractivity contribution in [1.29, 1.82) is 0 Å². The van der Waals surface area contributed by atoms with Crippen molar-refractivity contribution in [3.05, 3.63) is 48.0 Å². The highest BCUT2D eigenvalue weighted by Crippen LogP contribution is 2.36. The standard InChI is InChI=1S/C26H30F6N4O3/c27-25(28,29)22-14-18(6-9-23(22)33)34-17-4-7-20(8-5-17)38-16-24(37)36-12-10-35(11-13-36)19-2-1-3-21(15-19)39-26(30,31)32/h1-3,6,9,14-15,17,20,34H,4-5,7-8,10-13,16,33H2. The van der Waals surface area contributed by atoms with E-state index in [2.05, 4.69) is 10.1 Å². The number of carbonyl (C=O) groups is 1. The lowest BCUT2D eigenvalue weighted by Crippen LogP contribution is -2.50. The summed E-state index contributed by atoms with van der Waals surface area (Å²) in [5.41, 5.74) is 5.21. The van der Waals surface area contributed by atoms with Gasteiger partial charge in [0.1, 0.15) is 12.4 Å². The van der Waals surface area contributed by atoms with Gasteiger partial charge in [0.2, 0.25) is 5.91 Å². The molecule has 1 aliphatic carbocycles. The van der Waals surface area contributed by atoms with Gasteiger partial charge < -0.3 is 30.3 Å². The fourth-order valence-electron chi connectivity index (χ4n) is 4.87. The first kappa shape index (κ1) is 28.7. The zero-order valence-electron chi connectivity index (χ0n) is 21.0. The van der Waals surface area contributed by atoms with Crippen LogP contribution in [0.1, 0.15) is 31.2 Å². The third kappa shape index (κ3) is 8.07. The Bertz CT molecular complexity index is 1130. The minimum atomic E-state index is -4.77. The second kappa shape index (κ2) is 11.8. The number of rotatable bonds is 7. The number of alkyl halides is 6. The lowest BCUT2D eigenvalue weighted by molar-refractivity contribution is -0.274. The number of carbonyl (C=O) groups excluding carboxylic acids is 1. The van der Waals surface area contributed by atoms with Crippen molar-refractivity contribution in [2.45, 2.75) is 50.4 Å². The van der Waals surface area contributed by atoms with Gasteiger partial charge in [0.15, 0.2) is 0 Å². The van der Waals surface area contributed by atoms with E-state index in [1.54, 1.807) is 11.0 Å². The summed E-state index contributed by atoms with van der Waals surface area (Å²) >= 11 is 0. The molecule has 0 atom stereocenters. The number of nitrogens with one attached hydrogen (secondary N) is 1. The Kier molecular flexibility index (Phi) is 8.67. The summed E-state index contributed by atoms with van der Waals surface area (Å²) in [5.74, 6) is -0.457. The first-order valence-electron chi connectivity index (χ1n) is 12.6. The summed E-state index contributed by atoms with van der Waals surface area (Å²) in [4.78, 5) is 16.2. The Morgan fingerprint density at radius 2 is 1.64 bits per heavy atom. The minimum absolute atomic E-state index is 0.0154. The Labute approximate surface area is 221 Å². The van der Waals surface area contributed by atoms with Crippen LogP contribution in [0.4, 0.5) is 43.4 Å². The maximum atomic E-state index is 13.1. The SMILES string of the molecule is Nc1ccc(NC2CCC(OCC(=O)N3CCN(c4cccc(OC(F)(F)F)c4)CC3)CC2)cc1C(F)(F)F. The molecule has 2 fully saturated rings. The molecule has 4 rings (SSSR count). The van der Waals surface area contributed by atoms with Crippen LogP contribution >= 0.6 is 0 Å². The van der Waals surface area contributed by atoms with Crippen LogP contribution in [0.25, 0.3) is 0 Å². The van der Waals surface area contributed by atoms with Crippen molar-refractivity contribution in [1.82, 2.24) is 4.90 Å². The van der Waals surface area contributed by atoms with E-state index in [9.17, 15) is 31.1 Å². The van der Waals surface area contributed by atoms with Crippen molar-refractivity contribution in [2.24, 2.45) is 0 Å². The summed E-state index contributed by atoms with van der Waals surface area (Å²) in [6.45, 7) is 1.65. The Hall–Kier alpha value is -3.35. The highest BCUT2D eigenvalue weighted by molar-refractivity contribution is 5.77. The molecule has 0 bridgehead atoms. The van der Waals surface area contributed by atoms with Crippen LogP contribution in [-0.4, -0.2) is 62.1 Å². The normalized spacial score (nSPS) is 20.6. The van der Waals surface area contributed by atoms with Gasteiger partial charge in [0.25, 0.3) is 0 Å². The minimum Gasteiger partial charge on any atom is -0.406 e. The van der Waals surface area contributed by atoms with Gasteiger partial charge in [-0.05, 0) is 56.0 Å². The number of hydrogen-bond acceptors (Lipinski definition) is 6. The molecule has 1 amide bonds. The van der Waals surface area contributed by atoms with E-state index in [0.717, 1.165) is 6.07 Å². The Morgan fingerprint density at radius 1 is 0.949 bits per heavy atom. The molecule has 0 aromatic heterocycles. The largest absolute Gasteiger partial charge is 0.573 e. The first-order valence-corrected chi connectivity index (χ1v) is 12.6. The number of ether oxygens (including phenoxy) is 2. The Balaban J connectivity index is 1.18.